The number of allylic oxidation sites excluding steroid dienone is 1. The Hall–Kier alpha value is -2.35. The number of nitrogens with one attached hydrogen (secondary N) is 1. The quantitative estimate of drug-likeness (QED) is 0.305. The second-order valence-electron chi connectivity index (χ2n) is 5.33. The molecule has 130 valence electrons. The first-order valence-electron chi connectivity index (χ1n) is 7.36. The van der Waals surface area contributed by atoms with Gasteiger partial charge in [0, 0.05) is 22.3 Å². The Morgan fingerprint density at radius 3 is 2.62 bits per heavy atom. The molecule has 1 unspecified atom stereocenters. The number of thioether (sulfide) groups is 1. The third-order valence-corrected chi connectivity index (χ3v) is 4.13. The zero-order valence-corrected chi connectivity index (χ0v) is 14.3. The van der Waals surface area contributed by atoms with Gasteiger partial charge in [-0.1, -0.05) is 19.9 Å². The molecule has 0 saturated carbocycles. The van der Waals surface area contributed by atoms with Gasteiger partial charge in [-0.2, -0.15) is 0 Å². The van der Waals surface area contributed by atoms with Crippen LogP contribution in [0, 0.1) is 10.1 Å². The van der Waals surface area contributed by atoms with E-state index in [1.165, 1.54) is 30.0 Å². The fraction of sp³-hybridized carbons (Fsp3) is 0.375. The Morgan fingerprint density at radius 2 is 2.12 bits per heavy atom. The number of nitro groups is 1. The minimum atomic E-state index is -1.16. The maximum absolute atomic E-state index is 12.5. The van der Waals surface area contributed by atoms with Gasteiger partial charge in [-0.3, -0.25) is 14.9 Å². The summed E-state index contributed by atoms with van der Waals surface area (Å²) in [5.41, 5.74) is -0.112. The van der Waals surface area contributed by atoms with Crippen LogP contribution in [0.5, 0.6) is 0 Å². The minimum absolute atomic E-state index is 0.104. The van der Waals surface area contributed by atoms with E-state index in [2.05, 4.69) is 11.9 Å². The van der Waals surface area contributed by atoms with Crippen LogP contribution in [0.25, 0.3) is 0 Å². The minimum Gasteiger partial charge on any atom is -0.480 e. The van der Waals surface area contributed by atoms with E-state index in [1.807, 2.05) is 13.8 Å². The van der Waals surface area contributed by atoms with Gasteiger partial charge in [0.2, 0.25) is 0 Å². The summed E-state index contributed by atoms with van der Waals surface area (Å²) in [6.45, 7) is 7.38. The molecule has 0 bridgehead atoms. The molecule has 0 saturated heterocycles. The van der Waals surface area contributed by atoms with E-state index in [-0.39, 0.29) is 22.9 Å². The number of carboxylic acids is 1. The molecule has 0 heterocycles. The Morgan fingerprint density at radius 1 is 1.46 bits per heavy atom. The molecular formula is C16H20N2O5S. The number of aliphatic carboxylic acids is 1. The highest BCUT2D eigenvalue weighted by molar-refractivity contribution is 8.00. The van der Waals surface area contributed by atoms with Crippen molar-refractivity contribution in [2.24, 2.45) is 0 Å². The zero-order valence-electron chi connectivity index (χ0n) is 13.5. The van der Waals surface area contributed by atoms with Crippen molar-refractivity contribution in [2.75, 3.05) is 0 Å². The first kappa shape index (κ1) is 19.7. The van der Waals surface area contributed by atoms with Crippen LogP contribution in [-0.2, 0) is 4.79 Å². The number of carbonyl (C=O) groups is 2. The summed E-state index contributed by atoms with van der Waals surface area (Å²) in [6, 6.07) is 2.93. The number of carbonyl (C=O) groups excluding carboxylic acids is 1. The Labute approximate surface area is 144 Å². The van der Waals surface area contributed by atoms with Crippen LogP contribution < -0.4 is 5.32 Å². The van der Waals surface area contributed by atoms with E-state index >= 15 is 0 Å². The van der Waals surface area contributed by atoms with Crippen molar-refractivity contribution in [2.45, 2.75) is 42.9 Å². The lowest BCUT2D eigenvalue weighted by molar-refractivity contribution is -0.384. The summed E-state index contributed by atoms with van der Waals surface area (Å²) in [7, 11) is 0. The average molecular weight is 352 g/mol. The molecule has 1 amide bonds. The standard InChI is InChI=1S/C16H20N2O5S/c1-4-5-6-13(16(20)21)17-15(19)12-9-11(18(22)23)7-8-14(12)24-10(2)3/h4,7-10,13H,1,5-6H2,2-3H3,(H,17,19)(H,20,21). The molecule has 0 aromatic heterocycles. The van der Waals surface area contributed by atoms with Crippen molar-refractivity contribution >= 4 is 29.3 Å². The monoisotopic (exact) mass is 352 g/mol. The van der Waals surface area contributed by atoms with Gasteiger partial charge in [0.25, 0.3) is 11.6 Å². The zero-order chi connectivity index (χ0) is 18.3. The molecular weight excluding hydrogens is 332 g/mol. The van der Waals surface area contributed by atoms with E-state index in [1.54, 1.807) is 6.08 Å². The van der Waals surface area contributed by atoms with Crippen LogP contribution in [0.1, 0.15) is 37.0 Å². The molecule has 1 aromatic carbocycles. The number of nitrogens with zero attached hydrogens (tertiary/aromatic N) is 1. The number of non-ortho nitro benzene ring substituents is 1. The van der Waals surface area contributed by atoms with Gasteiger partial charge in [-0.25, -0.2) is 4.79 Å². The molecule has 0 radical (unpaired) electrons. The predicted octanol–water partition coefficient (Wildman–Crippen LogP) is 3.24. The number of nitro benzene ring substituents is 1. The highest BCUT2D eigenvalue weighted by Gasteiger charge is 2.23. The van der Waals surface area contributed by atoms with Gasteiger partial charge >= 0.3 is 5.97 Å². The fourth-order valence-electron chi connectivity index (χ4n) is 1.94. The molecule has 8 heteroatoms. The fourth-order valence-corrected chi connectivity index (χ4v) is 2.88. The summed E-state index contributed by atoms with van der Waals surface area (Å²) in [4.78, 5) is 34.6. The van der Waals surface area contributed by atoms with Crippen LogP contribution in [0.3, 0.4) is 0 Å². The smallest absolute Gasteiger partial charge is 0.326 e. The molecule has 1 aromatic rings. The SMILES string of the molecule is C=CCCC(NC(=O)c1cc([N+](=O)[O-])ccc1SC(C)C)C(=O)O. The average Bonchev–Trinajstić information content (AvgIpc) is 2.50. The molecule has 1 atom stereocenters. The summed E-state index contributed by atoms with van der Waals surface area (Å²) in [5, 5.41) is 22.7. The maximum Gasteiger partial charge on any atom is 0.326 e. The van der Waals surface area contributed by atoms with Crippen molar-refractivity contribution in [1.82, 2.24) is 5.32 Å². The van der Waals surface area contributed by atoms with Crippen LogP contribution in [0.2, 0.25) is 0 Å². The first-order valence-corrected chi connectivity index (χ1v) is 8.23. The molecule has 2 N–H and O–H groups in total. The number of rotatable bonds is 9. The number of amides is 1. The van der Waals surface area contributed by atoms with Gasteiger partial charge in [-0.15, -0.1) is 18.3 Å². The van der Waals surface area contributed by atoms with Crippen LogP contribution in [0.4, 0.5) is 5.69 Å². The van der Waals surface area contributed by atoms with Crippen LogP contribution >= 0.6 is 11.8 Å². The molecule has 24 heavy (non-hydrogen) atoms. The van der Waals surface area contributed by atoms with Crippen molar-refractivity contribution in [3.8, 4) is 0 Å². The maximum atomic E-state index is 12.5. The second-order valence-corrected chi connectivity index (χ2v) is 6.95. The number of hydrogen-bond donors (Lipinski definition) is 2. The number of carboxylic acid groups (broad SMARTS) is 1. The highest BCUT2D eigenvalue weighted by atomic mass is 32.2. The van der Waals surface area contributed by atoms with E-state index in [4.69, 9.17) is 0 Å². The molecule has 0 aliphatic rings. The molecule has 7 nitrogen and oxygen atoms in total. The lowest BCUT2D eigenvalue weighted by Gasteiger charge is -2.16. The largest absolute Gasteiger partial charge is 0.480 e. The van der Waals surface area contributed by atoms with E-state index in [0.29, 0.717) is 11.3 Å². The molecule has 1 rings (SSSR count). The number of benzene rings is 1. The lowest BCUT2D eigenvalue weighted by atomic mass is 10.1. The van der Waals surface area contributed by atoms with E-state index in [0.717, 1.165) is 0 Å². The molecule has 0 fully saturated rings. The van der Waals surface area contributed by atoms with Crippen molar-refractivity contribution < 1.29 is 19.6 Å². The predicted molar refractivity (Wildman–Crippen MR) is 92.4 cm³/mol. The topological polar surface area (TPSA) is 110 Å². The van der Waals surface area contributed by atoms with Gasteiger partial charge in [0.05, 0.1) is 10.5 Å². The van der Waals surface area contributed by atoms with Crippen LogP contribution in [0.15, 0.2) is 35.7 Å². The van der Waals surface area contributed by atoms with E-state index in [9.17, 15) is 24.8 Å². The second kappa shape index (κ2) is 9.07. The summed E-state index contributed by atoms with van der Waals surface area (Å²) in [6.07, 6.45) is 2.20. The van der Waals surface area contributed by atoms with Gasteiger partial charge in [0.1, 0.15) is 6.04 Å². The Bertz CT molecular complexity index is 645. The van der Waals surface area contributed by atoms with Gasteiger partial charge < -0.3 is 10.4 Å². The highest BCUT2D eigenvalue weighted by Crippen LogP contribution is 2.29. The number of hydrogen-bond acceptors (Lipinski definition) is 5. The van der Waals surface area contributed by atoms with Gasteiger partial charge in [-0.05, 0) is 18.9 Å². The summed E-state index contributed by atoms with van der Waals surface area (Å²) < 4.78 is 0. The van der Waals surface area contributed by atoms with Crippen LogP contribution in [-0.4, -0.2) is 33.2 Å². The van der Waals surface area contributed by atoms with Crippen molar-refractivity contribution in [3.63, 3.8) is 0 Å². The third-order valence-electron chi connectivity index (χ3n) is 3.04. The summed E-state index contributed by atoms with van der Waals surface area (Å²) >= 11 is 1.38. The molecule has 0 aliphatic heterocycles. The molecule has 0 aliphatic carbocycles. The normalized spacial score (nSPS) is 11.8. The van der Waals surface area contributed by atoms with Crippen molar-refractivity contribution in [1.29, 1.82) is 0 Å². The van der Waals surface area contributed by atoms with Gasteiger partial charge in [0.15, 0.2) is 0 Å². The van der Waals surface area contributed by atoms with Crippen molar-refractivity contribution in [3.05, 3.63) is 46.5 Å². The Kier molecular flexibility index (Phi) is 7.44. The Balaban J connectivity index is 3.12. The van der Waals surface area contributed by atoms with E-state index < -0.39 is 22.8 Å². The molecule has 0 spiro atoms. The third kappa shape index (κ3) is 5.69. The first-order chi connectivity index (χ1) is 11.3. The lowest BCUT2D eigenvalue weighted by Crippen LogP contribution is -2.40. The summed E-state index contributed by atoms with van der Waals surface area (Å²) in [5.74, 6) is -1.80.